The number of nitrogens with zero attached hydrogens (tertiary/aromatic N) is 2. The second-order valence-corrected chi connectivity index (χ2v) is 7.08. The molecule has 1 amide bonds. The van der Waals surface area contributed by atoms with E-state index in [1.54, 1.807) is 4.90 Å². The van der Waals surface area contributed by atoms with Crippen molar-refractivity contribution >= 4 is 11.9 Å². The van der Waals surface area contributed by atoms with Crippen molar-refractivity contribution in [2.75, 3.05) is 26.7 Å². The van der Waals surface area contributed by atoms with Crippen LogP contribution in [0.4, 0.5) is 0 Å². The Morgan fingerprint density at radius 3 is 2.71 bits per heavy atom. The Labute approximate surface area is 129 Å². The van der Waals surface area contributed by atoms with E-state index in [-0.39, 0.29) is 5.91 Å². The number of carbonyl (C=O) groups excluding carboxylic acids is 1. The summed E-state index contributed by atoms with van der Waals surface area (Å²) < 4.78 is 0. The van der Waals surface area contributed by atoms with Crippen molar-refractivity contribution in [2.24, 2.45) is 10.4 Å². The highest BCUT2D eigenvalue weighted by Gasteiger charge is 2.23. The fraction of sp³-hybridized carbons (Fsp3) is 0.875. The lowest BCUT2D eigenvalue weighted by molar-refractivity contribution is -0.132. The molecule has 1 fully saturated rings. The maximum atomic E-state index is 11.5. The van der Waals surface area contributed by atoms with E-state index < -0.39 is 0 Å². The highest BCUT2D eigenvalue weighted by atomic mass is 16.2. The molecule has 1 unspecified atom stereocenters. The van der Waals surface area contributed by atoms with Gasteiger partial charge in [0.25, 0.3) is 0 Å². The zero-order valence-corrected chi connectivity index (χ0v) is 14.3. The quantitative estimate of drug-likeness (QED) is 0.463. The van der Waals surface area contributed by atoms with Gasteiger partial charge in [0, 0.05) is 39.1 Å². The average Bonchev–Trinajstić information content (AvgIpc) is 2.38. The molecule has 1 heterocycles. The topological polar surface area (TPSA) is 56.7 Å². The largest absolute Gasteiger partial charge is 0.357 e. The number of hydrogen-bond acceptors (Lipinski definition) is 2. The molecule has 1 atom stereocenters. The molecular weight excluding hydrogens is 264 g/mol. The maximum absolute atomic E-state index is 11.5. The van der Waals surface area contributed by atoms with Crippen LogP contribution in [-0.4, -0.2) is 49.5 Å². The first-order valence-electron chi connectivity index (χ1n) is 8.10. The molecule has 1 rings (SSSR count). The maximum Gasteiger partial charge on any atom is 0.222 e. The Morgan fingerprint density at radius 1 is 1.43 bits per heavy atom. The summed E-state index contributed by atoms with van der Waals surface area (Å²) in [6.07, 6.45) is 3.78. The van der Waals surface area contributed by atoms with E-state index in [2.05, 4.69) is 43.3 Å². The molecule has 5 nitrogen and oxygen atoms in total. The van der Waals surface area contributed by atoms with E-state index in [1.165, 1.54) is 6.42 Å². The lowest BCUT2D eigenvalue weighted by atomic mass is 9.91. The summed E-state index contributed by atoms with van der Waals surface area (Å²) in [6.45, 7) is 11.3. The second-order valence-electron chi connectivity index (χ2n) is 7.08. The molecule has 1 aliphatic rings. The second kappa shape index (κ2) is 8.25. The summed E-state index contributed by atoms with van der Waals surface area (Å²) in [5.41, 5.74) is 0.369. The average molecular weight is 296 g/mol. The van der Waals surface area contributed by atoms with Crippen molar-refractivity contribution in [1.29, 1.82) is 0 Å². The number of nitrogens with one attached hydrogen (secondary N) is 2. The van der Waals surface area contributed by atoms with Crippen LogP contribution >= 0.6 is 0 Å². The van der Waals surface area contributed by atoms with Crippen molar-refractivity contribution in [3.8, 4) is 0 Å². The van der Waals surface area contributed by atoms with Crippen molar-refractivity contribution in [1.82, 2.24) is 15.5 Å². The number of aliphatic imine (C=N–C) groups is 1. The monoisotopic (exact) mass is 296 g/mol. The normalized spacial score (nSPS) is 20.6. The number of amides is 1. The van der Waals surface area contributed by atoms with Crippen LogP contribution in [0.3, 0.4) is 0 Å². The number of likely N-dealkylation sites (N-methyl/N-ethyl adjacent to an activating group) is 1. The standard InChI is InChI=1S/C16H32N4O/c1-6-17-15(18-11-7-10-16(2,3)4)19-13-8-9-14(21)20(5)12-13/h13H,6-12H2,1-5H3,(H2,17,18,19). The lowest BCUT2D eigenvalue weighted by Gasteiger charge is -2.31. The number of rotatable bonds is 5. The molecule has 0 saturated carbocycles. The first-order valence-corrected chi connectivity index (χ1v) is 8.10. The van der Waals surface area contributed by atoms with E-state index in [9.17, 15) is 4.79 Å². The van der Waals surface area contributed by atoms with Gasteiger partial charge in [-0.05, 0) is 31.6 Å². The van der Waals surface area contributed by atoms with Gasteiger partial charge in [0.2, 0.25) is 5.91 Å². The SMILES string of the molecule is CCNC(=NCCCC(C)(C)C)NC1CCC(=O)N(C)C1. The molecular formula is C16H32N4O. The number of carbonyl (C=O) groups is 1. The van der Waals surface area contributed by atoms with Crippen LogP contribution in [0.1, 0.15) is 53.4 Å². The zero-order chi connectivity index (χ0) is 15.9. The summed E-state index contributed by atoms with van der Waals surface area (Å²) in [5.74, 6) is 1.11. The number of piperidine rings is 1. The predicted octanol–water partition coefficient (Wildman–Crippen LogP) is 1.99. The van der Waals surface area contributed by atoms with Gasteiger partial charge < -0.3 is 15.5 Å². The van der Waals surface area contributed by atoms with Crippen LogP contribution in [0, 0.1) is 5.41 Å². The van der Waals surface area contributed by atoms with Crippen molar-refractivity contribution in [3.05, 3.63) is 0 Å². The summed E-state index contributed by atoms with van der Waals surface area (Å²) in [7, 11) is 1.86. The highest BCUT2D eigenvalue weighted by Crippen LogP contribution is 2.20. The van der Waals surface area contributed by atoms with Gasteiger partial charge in [0.05, 0.1) is 0 Å². The van der Waals surface area contributed by atoms with Gasteiger partial charge in [-0.3, -0.25) is 9.79 Å². The van der Waals surface area contributed by atoms with Gasteiger partial charge in [-0.1, -0.05) is 20.8 Å². The van der Waals surface area contributed by atoms with E-state index in [0.29, 0.717) is 17.9 Å². The molecule has 0 aliphatic carbocycles. The van der Waals surface area contributed by atoms with Gasteiger partial charge in [-0.25, -0.2) is 0 Å². The molecule has 122 valence electrons. The van der Waals surface area contributed by atoms with Crippen molar-refractivity contribution < 1.29 is 4.79 Å². The first-order chi connectivity index (χ1) is 9.81. The van der Waals surface area contributed by atoms with Gasteiger partial charge in [0.15, 0.2) is 5.96 Å². The fourth-order valence-corrected chi connectivity index (χ4v) is 2.44. The van der Waals surface area contributed by atoms with E-state index in [4.69, 9.17) is 0 Å². The summed E-state index contributed by atoms with van der Waals surface area (Å²) >= 11 is 0. The molecule has 2 N–H and O–H groups in total. The Hall–Kier alpha value is -1.26. The summed E-state index contributed by atoms with van der Waals surface area (Å²) in [6, 6.07) is 0.299. The van der Waals surface area contributed by atoms with Gasteiger partial charge in [-0.15, -0.1) is 0 Å². The van der Waals surface area contributed by atoms with Crippen LogP contribution in [0.2, 0.25) is 0 Å². The van der Waals surface area contributed by atoms with Crippen molar-refractivity contribution in [2.45, 2.75) is 59.4 Å². The van der Waals surface area contributed by atoms with E-state index in [0.717, 1.165) is 38.4 Å². The third-order valence-corrected chi connectivity index (χ3v) is 3.67. The predicted molar refractivity (Wildman–Crippen MR) is 88.5 cm³/mol. The third-order valence-electron chi connectivity index (χ3n) is 3.67. The Kier molecular flexibility index (Phi) is 6.99. The highest BCUT2D eigenvalue weighted by molar-refractivity contribution is 5.81. The number of guanidine groups is 1. The third kappa shape index (κ3) is 7.34. The smallest absolute Gasteiger partial charge is 0.222 e. The van der Waals surface area contributed by atoms with Crippen LogP contribution in [0.25, 0.3) is 0 Å². The molecule has 0 aromatic carbocycles. The molecule has 0 aromatic rings. The molecule has 0 radical (unpaired) electrons. The van der Waals surface area contributed by atoms with Crippen LogP contribution in [0.5, 0.6) is 0 Å². The molecule has 0 spiro atoms. The molecule has 0 aromatic heterocycles. The fourth-order valence-electron chi connectivity index (χ4n) is 2.44. The summed E-state index contributed by atoms with van der Waals surface area (Å²) in [5, 5.41) is 6.74. The zero-order valence-electron chi connectivity index (χ0n) is 14.3. The molecule has 1 saturated heterocycles. The van der Waals surface area contributed by atoms with Crippen LogP contribution in [0.15, 0.2) is 4.99 Å². The van der Waals surface area contributed by atoms with E-state index >= 15 is 0 Å². The van der Waals surface area contributed by atoms with Gasteiger partial charge >= 0.3 is 0 Å². The molecule has 21 heavy (non-hydrogen) atoms. The van der Waals surface area contributed by atoms with E-state index in [1.807, 2.05) is 7.05 Å². The Balaban J connectivity index is 2.43. The molecule has 1 aliphatic heterocycles. The minimum atomic E-state index is 0.236. The summed E-state index contributed by atoms with van der Waals surface area (Å²) in [4.78, 5) is 17.9. The number of likely N-dealkylation sites (tertiary alicyclic amines) is 1. The van der Waals surface area contributed by atoms with Gasteiger partial charge in [-0.2, -0.15) is 0 Å². The Morgan fingerprint density at radius 2 is 2.14 bits per heavy atom. The number of hydrogen-bond donors (Lipinski definition) is 2. The van der Waals surface area contributed by atoms with Crippen molar-refractivity contribution in [3.63, 3.8) is 0 Å². The lowest BCUT2D eigenvalue weighted by Crippen LogP contribution is -2.51. The van der Waals surface area contributed by atoms with Gasteiger partial charge in [0.1, 0.15) is 0 Å². The minimum absolute atomic E-state index is 0.236. The van der Waals surface area contributed by atoms with Crippen LogP contribution < -0.4 is 10.6 Å². The Bertz CT molecular complexity index is 360. The minimum Gasteiger partial charge on any atom is -0.357 e. The first kappa shape index (κ1) is 17.8. The molecule has 0 bridgehead atoms. The van der Waals surface area contributed by atoms with Crippen LogP contribution in [-0.2, 0) is 4.79 Å². The molecule has 5 heteroatoms.